The number of anilines is 1. The van der Waals surface area contributed by atoms with Crippen LogP contribution in [0.15, 0.2) is 28.9 Å². The standard InChI is InChI=1S/C13H12N4O/c14-13-9(7-15-18-13)8-3-4-10-11(6-8)17-5-1-2-12(17)16-10/h3-4,6-7H,1-2,5,14H2. The molecule has 1 aliphatic heterocycles. The van der Waals surface area contributed by atoms with Crippen LogP contribution < -0.4 is 5.73 Å². The van der Waals surface area contributed by atoms with E-state index in [0.717, 1.165) is 29.6 Å². The van der Waals surface area contributed by atoms with Crippen molar-refractivity contribution in [1.82, 2.24) is 14.7 Å². The number of aryl methyl sites for hydroxylation is 2. The molecule has 0 spiro atoms. The number of aromatic nitrogens is 3. The maximum atomic E-state index is 5.75. The van der Waals surface area contributed by atoms with E-state index in [-0.39, 0.29) is 0 Å². The van der Waals surface area contributed by atoms with Gasteiger partial charge in [-0.05, 0) is 24.1 Å². The molecule has 5 heteroatoms. The molecule has 0 bridgehead atoms. The highest BCUT2D eigenvalue weighted by Crippen LogP contribution is 2.30. The molecule has 1 aromatic carbocycles. The highest BCUT2D eigenvalue weighted by molar-refractivity contribution is 5.84. The predicted octanol–water partition coefficient (Wildman–Crippen LogP) is 2.22. The highest BCUT2D eigenvalue weighted by atomic mass is 16.5. The van der Waals surface area contributed by atoms with Gasteiger partial charge in [-0.3, -0.25) is 0 Å². The van der Waals surface area contributed by atoms with Gasteiger partial charge >= 0.3 is 0 Å². The zero-order valence-corrected chi connectivity index (χ0v) is 9.76. The molecule has 2 aromatic heterocycles. The summed E-state index contributed by atoms with van der Waals surface area (Å²) in [5.74, 6) is 1.54. The maximum absolute atomic E-state index is 5.75. The molecule has 0 atom stereocenters. The van der Waals surface area contributed by atoms with Crippen LogP contribution in [0.5, 0.6) is 0 Å². The second-order valence-electron chi connectivity index (χ2n) is 4.59. The summed E-state index contributed by atoms with van der Waals surface area (Å²) in [6.07, 6.45) is 3.90. The fourth-order valence-corrected chi connectivity index (χ4v) is 2.64. The fraction of sp³-hybridized carbons (Fsp3) is 0.231. The maximum Gasteiger partial charge on any atom is 0.229 e. The number of nitrogens with zero attached hydrogens (tertiary/aromatic N) is 3. The lowest BCUT2D eigenvalue weighted by atomic mass is 10.1. The number of nitrogens with two attached hydrogens (primary N) is 1. The predicted molar refractivity (Wildman–Crippen MR) is 68.0 cm³/mol. The Bertz CT molecular complexity index is 741. The van der Waals surface area contributed by atoms with Crippen LogP contribution in [0.2, 0.25) is 0 Å². The van der Waals surface area contributed by atoms with Gasteiger partial charge in [-0.25, -0.2) is 4.98 Å². The molecule has 4 rings (SSSR count). The van der Waals surface area contributed by atoms with Crippen molar-refractivity contribution >= 4 is 16.9 Å². The third-order valence-corrected chi connectivity index (χ3v) is 3.52. The van der Waals surface area contributed by atoms with Crippen molar-refractivity contribution < 1.29 is 4.52 Å². The van der Waals surface area contributed by atoms with Gasteiger partial charge in [-0.2, -0.15) is 0 Å². The topological polar surface area (TPSA) is 69.9 Å². The quantitative estimate of drug-likeness (QED) is 0.708. The van der Waals surface area contributed by atoms with Gasteiger partial charge in [0.05, 0.1) is 22.8 Å². The number of benzene rings is 1. The monoisotopic (exact) mass is 240 g/mol. The Balaban J connectivity index is 1.96. The Labute approximate surface area is 103 Å². The largest absolute Gasteiger partial charge is 0.367 e. The molecule has 5 nitrogen and oxygen atoms in total. The van der Waals surface area contributed by atoms with E-state index in [0.29, 0.717) is 5.88 Å². The molecule has 90 valence electrons. The van der Waals surface area contributed by atoms with E-state index < -0.39 is 0 Å². The van der Waals surface area contributed by atoms with Gasteiger partial charge < -0.3 is 14.8 Å². The Hall–Kier alpha value is -2.30. The Kier molecular flexibility index (Phi) is 1.81. The van der Waals surface area contributed by atoms with E-state index in [1.165, 1.54) is 17.8 Å². The minimum absolute atomic E-state index is 0.357. The average molecular weight is 240 g/mol. The number of hydrogen-bond acceptors (Lipinski definition) is 4. The zero-order chi connectivity index (χ0) is 12.1. The molecule has 1 aliphatic rings. The van der Waals surface area contributed by atoms with Crippen LogP contribution in [0.25, 0.3) is 22.2 Å². The first-order valence-corrected chi connectivity index (χ1v) is 6.02. The van der Waals surface area contributed by atoms with Crippen LogP contribution in [0.4, 0.5) is 5.88 Å². The van der Waals surface area contributed by atoms with Gasteiger partial charge in [0.1, 0.15) is 5.82 Å². The summed E-state index contributed by atoms with van der Waals surface area (Å²) in [6.45, 7) is 1.05. The molecule has 0 saturated heterocycles. The molecule has 0 amide bonds. The second kappa shape index (κ2) is 3.35. The van der Waals surface area contributed by atoms with Gasteiger partial charge in [0.2, 0.25) is 5.88 Å². The number of fused-ring (bicyclic) bond motifs is 3. The van der Waals surface area contributed by atoms with Gasteiger partial charge in [0.25, 0.3) is 0 Å². The first kappa shape index (κ1) is 9.70. The van der Waals surface area contributed by atoms with Gasteiger partial charge in [0, 0.05) is 13.0 Å². The smallest absolute Gasteiger partial charge is 0.229 e. The summed E-state index contributed by atoms with van der Waals surface area (Å²) in [4.78, 5) is 4.63. The second-order valence-corrected chi connectivity index (χ2v) is 4.59. The molecule has 18 heavy (non-hydrogen) atoms. The molecular weight excluding hydrogens is 228 g/mol. The normalized spacial score (nSPS) is 14.2. The molecule has 3 heterocycles. The third-order valence-electron chi connectivity index (χ3n) is 3.52. The van der Waals surface area contributed by atoms with Crippen LogP contribution in [0, 0.1) is 0 Å². The minimum atomic E-state index is 0.357. The average Bonchev–Trinajstić information content (AvgIpc) is 3.03. The lowest BCUT2D eigenvalue weighted by Gasteiger charge is -2.01. The summed E-state index contributed by atoms with van der Waals surface area (Å²) in [5, 5.41) is 3.72. The molecular formula is C13H12N4O. The van der Waals surface area contributed by atoms with E-state index in [4.69, 9.17) is 10.3 Å². The Morgan fingerprint density at radius 2 is 2.28 bits per heavy atom. The third kappa shape index (κ3) is 1.21. The molecule has 0 fully saturated rings. The van der Waals surface area contributed by atoms with Crippen molar-refractivity contribution in [1.29, 1.82) is 0 Å². The van der Waals surface area contributed by atoms with Crippen molar-refractivity contribution in [2.45, 2.75) is 19.4 Å². The van der Waals surface area contributed by atoms with Crippen LogP contribution in [0.1, 0.15) is 12.2 Å². The van der Waals surface area contributed by atoms with Crippen LogP contribution in [-0.4, -0.2) is 14.7 Å². The van der Waals surface area contributed by atoms with Gasteiger partial charge in [0.15, 0.2) is 0 Å². The number of rotatable bonds is 1. The number of nitrogen functional groups attached to an aromatic ring is 1. The van der Waals surface area contributed by atoms with E-state index in [1.54, 1.807) is 6.20 Å². The van der Waals surface area contributed by atoms with E-state index >= 15 is 0 Å². The van der Waals surface area contributed by atoms with E-state index in [1.807, 2.05) is 12.1 Å². The lowest BCUT2D eigenvalue weighted by Crippen LogP contribution is -1.91. The van der Waals surface area contributed by atoms with Crippen molar-refractivity contribution in [3.63, 3.8) is 0 Å². The minimum Gasteiger partial charge on any atom is -0.367 e. The summed E-state index contributed by atoms with van der Waals surface area (Å²) in [7, 11) is 0. The van der Waals surface area contributed by atoms with Crippen molar-refractivity contribution in [3.05, 3.63) is 30.2 Å². The van der Waals surface area contributed by atoms with Crippen LogP contribution in [0.3, 0.4) is 0 Å². The fourth-order valence-electron chi connectivity index (χ4n) is 2.64. The van der Waals surface area contributed by atoms with Gasteiger partial charge in [-0.1, -0.05) is 11.2 Å². The molecule has 2 N–H and O–H groups in total. The molecule has 0 aliphatic carbocycles. The SMILES string of the molecule is Nc1oncc1-c1ccc2nc3n(c2c1)CCC3. The summed E-state index contributed by atoms with van der Waals surface area (Å²) >= 11 is 0. The molecule has 0 radical (unpaired) electrons. The van der Waals surface area contributed by atoms with Crippen molar-refractivity contribution in [3.8, 4) is 11.1 Å². The Morgan fingerprint density at radius 3 is 3.11 bits per heavy atom. The van der Waals surface area contributed by atoms with E-state index in [9.17, 15) is 0 Å². The first-order valence-electron chi connectivity index (χ1n) is 6.02. The van der Waals surface area contributed by atoms with Crippen molar-refractivity contribution in [2.24, 2.45) is 0 Å². The first-order chi connectivity index (χ1) is 8.83. The summed E-state index contributed by atoms with van der Waals surface area (Å²) in [5.41, 5.74) is 9.83. The lowest BCUT2D eigenvalue weighted by molar-refractivity contribution is 0.436. The molecule has 0 unspecified atom stereocenters. The van der Waals surface area contributed by atoms with Crippen LogP contribution >= 0.6 is 0 Å². The molecule has 3 aromatic rings. The Morgan fingerprint density at radius 1 is 1.33 bits per heavy atom. The van der Waals surface area contributed by atoms with Gasteiger partial charge in [-0.15, -0.1) is 0 Å². The number of imidazole rings is 1. The summed E-state index contributed by atoms with van der Waals surface area (Å²) in [6, 6.07) is 6.15. The highest BCUT2D eigenvalue weighted by Gasteiger charge is 2.17. The van der Waals surface area contributed by atoms with Crippen LogP contribution in [-0.2, 0) is 13.0 Å². The number of hydrogen-bond donors (Lipinski definition) is 1. The molecule has 0 saturated carbocycles. The van der Waals surface area contributed by atoms with Crippen molar-refractivity contribution in [2.75, 3.05) is 5.73 Å². The summed E-state index contributed by atoms with van der Waals surface area (Å²) < 4.78 is 7.19. The zero-order valence-electron chi connectivity index (χ0n) is 9.76. The van der Waals surface area contributed by atoms with E-state index in [2.05, 4.69) is 20.8 Å².